The Morgan fingerprint density at radius 2 is 2.27 bits per heavy atom. The molecule has 1 unspecified atom stereocenters. The van der Waals surface area contributed by atoms with Gasteiger partial charge in [-0.15, -0.1) is 11.8 Å². The van der Waals surface area contributed by atoms with Crippen LogP contribution in [0.15, 0.2) is 27.6 Å². The summed E-state index contributed by atoms with van der Waals surface area (Å²) in [5.74, 6) is 1.26. The Labute approximate surface area is 103 Å². The Morgan fingerprint density at radius 1 is 1.53 bits per heavy atom. The number of halogens is 1. The fourth-order valence-electron chi connectivity index (χ4n) is 1.07. The fraction of sp³-hybridized carbons (Fsp3) is 0.455. The lowest BCUT2D eigenvalue weighted by Crippen LogP contribution is -2.03. The third-order valence-electron chi connectivity index (χ3n) is 2.07. The SMILES string of the molecule is CC(CO)CSc1ccc(CN)cc1Br. The summed E-state index contributed by atoms with van der Waals surface area (Å²) in [7, 11) is 0. The lowest BCUT2D eigenvalue weighted by molar-refractivity contribution is 0.250. The van der Waals surface area contributed by atoms with Crippen molar-refractivity contribution in [3.8, 4) is 0 Å². The van der Waals surface area contributed by atoms with Crippen molar-refractivity contribution in [2.45, 2.75) is 18.4 Å². The topological polar surface area (TPSA) is 46.2 Å². The molecule has 0 saturated heterocycles. The van der Waals surface area contributed by atoms with Gasteiger partial charge >= 0.3 is 0 Å². The van der Waals surface area contributed by atoms with Crippen LogP contribution >= 0.6 is 27.7 Å². The third kappa shape index (κ3) is 4.15. The number of hydrogen-bond acceptors (Lipinski definition) is 3. The second-order valence-electron chi connectivity index (χ2n) is 3.57. The molecule has 0 aliphatic carbocycles. The molecule has 15 heavy (non-hydrogen) atoms. The average Bonchev–Trinajstić information content (AvgIpc) is 2.26. The van der Waals surface area contributed by atoms with E-state index in [0.717, 1.165) is 15.8 Å². The minimum atomic E-state index is 0.242. The normalized spacial score (nSPS) is 12.8. The maximum absolute atomic E-state index is 8.92. The Kier molecular flexibility index (Phi) is 5.68. The summed E-state index contributed by atoms with van der Waals surface area (Å²) in [5.41, 5.74) is 6.68. The van der Waals surface area contributed by atoms with Crippen LogP contribution in [0.2, 0.25) is 0 Å². The highest BCUT2D eigenvalue weighted by atomic mass is 79.9. The molecule has 1 aromatic carbocycles. The van der Waals surface area contributed by atoms with Gasteiger partial charge in [0.1, 0.15) is 0 Å². The smallest absolute Gasteiger partial charge is 0.0464 e. The molecule has 1 aromatic rings. The summed E-state index contributed by atoms with van der Waals surface area (Å²) in [6, 6.07) is 6.16. The maximum Gasteiger partial charge on any atom is 0.0464 e. The van der Waals surface area contributed by atoms with Gasteiger partial charge in [-0.1, -0.05) is 13.0 Å². The molecule has 0 aliphatic heterocycles. The number of nitrogens with two attached hydrogens (primary N) is 1. The van der Waals surface area contributed by atoms with Crippen molar-refractivity contribution < 1.29 is 5.11 Å². The van der Waals surface area contributed by atoms with Crippen LogP contribution in [0, 0.1) is 5.92 Å². The first-order valence-corrected chi connectivity index (χ1v) is 6.67. The number of aliphatic hydroxyl groups excluding tert-OH is 1. The molecule has 1 rings (SSSR count). The van der Waals surface area contributed by atoms with Crippen LogP contribution < -0.4 is 5.73 Å². The van der Waals surface area contributed by atoms with Gasteiger partial charge in [0.05, 0.1) is 0 Å². The molecule has 2 nitrogen and oxygen atoms in total. The van der Waals surface area contributed by atoms with Crippen molar-refractivity contribution in [2.75, 3.05) is 12.4 Å². The van der Waals surface area contributed by atoms with Gasteiger partial charge in [-0.25, -0.2) is 0 Å². The quantitative estimate of drug-likeness (QED) is 0.819. The molecule has 3 N–H and O–H groups in total. The highest BCUT2D eigenvalue weighted by Gasteiger charge is 2.05. The highest BCUT2D eigenvalue weighted by Crippen LogP contribution is 2.29. The predicted molar refractivity (Wildman–Crippen MR) is 69.0 cm³/mol. The van der Waals surface area contributed by atoms with E-state index in [1.165, 1.54) is 4.90 Å². The van der Waals surface area contributed by atoms with Crippen molar-refractivity contribution in [2.24, 2.45) is 11.7 Å². The lowest BCUT2D eigenvalue weighted by Gasteiger charge is -2.09. The van der Waals surface area contributed by atoms with Crippen LogP contribution in [0.3, 0.4) is 0 Å². The molecule has 0 saturated carbocycles. The Morgan fingerprint density at radius 3 is 2.80 bits per heavy atom. The molecule has 0 aromatic heterocycles. The summed E-state index contributed by atoms with van der Waals surface area (Å²) in [6.07, 6.45) is 0. The first-order valence-electron chi connectivity index (χ1n) is 4.89. The largest absolute Gasteiger partial charge is 0.396 e. The van der Waals surface area contributed by atoms with Gasteiger partial charge in [-0.05, 0) is 39.5 Å². The highest BCUT2D eigenvalue weighted by molar-refractivity contribution is 9.10. The zero-order valence-corrected chi connectivity index (χ0v) is 11.1. The summed E-state index contributed by atoms with van der Waals surface area (Å²) < 4.78 is 1.08. The predicted octanol–water partition coefficient (Wildman–Crippen LogP) is 2.63. The van der Waals surface area contributed by atoms with E-state index in [4.69, 9.17) is 10.8 Å². The van der Waals surface area contributed by atoms with E-state index in [2.05, 4.69) is 22.0 Å². The molecule has 0 bridgehead atoms. The van der Waals surface area contributed by atoms with Crippen molar-refractivity contribution in [3.63, 3.8) is 0 Å². The van der Waals surface area contributed by atoms with Crippen molar-refractivity contribution in [1.82, 2.24) is 0 Å². The molecule has 4 heteroatoms. The number of aliphatic hydroxyl groups is 1. The van der Waals surface area contributed by atoms with Crippen molar-refractivity contribution in [1.29, 1.82) is 0 Å². The summed E-state index contributed by atoms with van der Waals surface area (Å²) in [4.78, 5) is 1.20. The first-order chi connectivity index (χ1) is 7.17. The number of benzene rings is 1. The second-order valence-corrected chi connectivity index (χ2v) is 5.48. The third-order valence-corrected chi connectivity index (χ3v) is 4.39. The summed E-state index contributed by atoms with van der Waals surface area (Å²) in [5, 5.41) is 8.92. The van der Waals surface area contributed by atoms with Crippen LogP contribution in [0.25, 0.3) is 0 Å². The average molecular weight is 290 g/mol. The van der Waals surface area contributed by atoms with E-state index in [-0.39, 0.29) is 6.61 Å². The minimum absolute atomic E-state index is 0.242. The summed E-state index contributed by atoms with van der Waals surface area (Å²) >= 11 is 5.27. The van der Waals surface area contributed by atoms with E-state index in [1.807, 2.05) is 19.1 Å². The van der Waals surface area contributed by atoms with Gasteiger partial charge in [0, 0.05) is 28.3 Å². The minimum Gasteiger partial charge on any atom is -0.396 e. The standard InChI is InChI=1S/C11H16BrNOS/c1-8(6-14)7-15-11-3-2-9(5-13)4-10(11)12/h2-4,8,14H,5-7,13H2,1H3. The first kappa shape index (κ1) is 13.0. The molecular weight excluding hydrogens is 274 g/mol. The van der Waals surface area contributed by atoms with E-state index in [1.54, 1.807) is 11.8 Å². The molecule has 0 fully saturated rings. The van der Waals surface area contributed by atoms with Crippen molar-refractivity contribution in [3.05, 3.63) is 28.2 Å². The Bertz CT molecular complexity index is 319. The zero-order valence-electron chi connectivity index (χ0n) is 8.74. The molecule has 0 spiro atoms. The molecular formula is C11H16BrNOS. The monoisotopic (exact) mass is 289 g/mol. The second kappa shape index (κ2) is 6.53. The maximum atomic E-state index is 8.92. The molecule has 1 atom stereocenters. The van der Waals surface area contributed by atoms with E-state index >= 15 is 0 Å². The van der Waals surface area contributed by atoms with Crippen LogP contribution in [-0.4, -0.2) is 17.5 Å². The number of hydrogen-bond donors (Lipinski definition) is 2. The van der Waals surface area contributed by atoms with Crippen molar-refractivity contribution >= 4 is 27.7 Å². The number of rotatable bonds is 5. The molecule has 84 valence electrons. The van der Waals surface area contributed by atoms with Gasteiger partial charge in [0.2, 0.25) is 0 Å². The van der Waals surface area contributed by atoms with Crippen LogP contribution in [0.4, 0.5) is 0 Å². The van der Waals surface area contributed by atoms with E-state index < -0.39 is 0 Å². The fourth-order valence-corrected chi connectivity index (χ4v) is 2.77. The molecule has 0 radical (unpaired) electrons. The summed E-state index contributed by atoms with van der Waals surface area (Å²) in [6.45, 7) is 2.84. The van der Waals surface area contributed by atoms with Gasteiger partial charge in [0.15, 0.2) is 0 Å². The van der Waals surface area contributed by atoms with Crippen LogP contribution in [0.1, 0.15) is 12.5 Å². The number of thioether (sulfide) groups is 1. The van der Waals surface area contributed by atoms with Gasteiger partial charge < -0.3 is 10.8 Å². The molecule has 0 aliphatic rings. The van der Waals surface area contributed by atoms with E-state index in [0.29, 0.717) is 12.5 Å². The molecule has 0 amide bonds. The van der Waals surface area contributed by atoms with Crippen LogP contribution in [-0.2, 0) is 6.54 Å². The zero-order chi connectivity index (χ0) is 11.3. The Balaban J connectivity index is 2.62. The Hall–Kier alpha value is -0.0300. The van der Waals surface area contributed by atoms with Gasteiger partial charge in [-0.2, -0.15) is 0 Å². The molecule has 0 heterocycles. The van der Waals surface area contributed by atoms with Gasteiger partial charge in [0.25, 0.3) is 0 Å². The van der Waals surface area contributed by atoms with E-state index in [9.17, 15) is 0 Å². The lowest BCUT2D eigenvalue weighted by atomic mass is 10.2. The van der Waals surface area contributed by atoms with Gasteiger partial charge in [-0.3, -0.25) is 0 Å². The van der Waals surface area contributed by atoms with Crippen LogP contribution in [0.5, 0.6) is 0 Å².